The van der Waals surface area contributed by atoms with E-state index in [0.717, 1.165) is 31.0 Å². The lowest BCUT2D eigenvalue weighted by molar-refractivity contribution is -0.0704. The lowest BCUT2D eigenvalue weighted by Crippen LogP contribution is -2.44. The molecule has 1 fully saturated rings. The summed E-state index contributed by atoms with van der Waals surface area (Å²) in [7, 11) is 0. The fourth-order valence-electron chi connectivity index (χ4n) is 3.34. The third kappa shape index (κ3) is 4.65. The van der Waals surface area contributed by atoms with Crippen LogP contribution in [0.1, 0.15) is 35.5 Å². The van der Waals surface area contributed by atoms with Crippen LogP contribution >= 0.6 is 0 Å². The average Bonchev–Trinajstić information content (AvgIpc) is 2.54. The molecule has 5 nitrogen and oxygen atoms in total. The Morgan fingerprint density at radius 1 is 1.24 bits per heavy atom. The summed E-state index contributed by atoms with van der Waals surface area (Å²) >= 11 is 0. The highest BCUT2D eigenvalue weighted by Gasteiger charge is 2.22. The van der Waals surface area contributed by atoms with Gasteiger partial charge in [-0.05, 0) is 50.6 Å². The molecule has 1 amide bonds. The summed E-state index contributed by atoms with van der Waals surface area (Å²) in [5.41, 5.74) is 3.32. The summed E-state index contributed by atoms with van der Waals surface area (Å²) in [5, 5.41) is 2.97. The van der Waals surface area contributed by atoms with Gasteiger partial charge in [0.25, 0.3) is 5.91 Å². The summed E-state index contributed by atoms with van der Waals surface area (Å²) < 4.78 is 5.79. The lowest BCUT2D eigenvalue weighted by atomic mass is 10.1. The highest BCUT2D eigenvalue weighted by atomic mass is 16.5. The highest BCUT2D eigenvalue weighted by molar-refractivity contribution is 6.04. The summed E-state index contributed by atoms with van der Waals surface area (Å²) in [6, 6.07) is 11.6. The Hall–Kier alpha value is -2.24. The summed E-state index contributed by atoms with van der Waals surface area (Å²) in [5.74, 6) is -0.128. The van der Waals surface area contributed by atoms with E-state index in [1.165, 1.54) is 5.56 Å². The van der Waals surface area contributed by atoms with Crippen molar-refractivity contribution in [3.05, 3.63) is 59.4 Å². The molecule has 5 heteroatoms. The maximum absolute atomic E-state index is 12.4. The number of hydrogen-bond donors (Lipinski definition) is 1. The summed E-state index contributed by atoms with van der Waals surface area (Å²) in [6.45, 7) is 8.76. The molecule has 1 aromatic heterocycles. The van der Waals surface area contributed by atoms with E-state index in [1.54, 1.807) is 18.3 Å². The van der Waals surface area contributed by atoms with Crippen molar-refractivity contribution >= 4 is 11.6 Å². The van der Waals surface area contributed by atoms with Gasteiger partial charge in [0.1, 0.15) is 0 Å². The van der Waals surface area contributed by atoms with Crippen LogP contribution in [0.25, 0.3) is 0 Å². The smallest absolute Gasteiger partial charge is 0.257 e. The number of rotatable bonds is 4. The Bertz CT molecular complexity index is 737. The highest BCUT2D eigenvalue weighted by Crippen LogP contribution is 2.18. The minimum Gasteiger partial charge on any atom is -0.373 e. The summed E-state index contributed by atoms with van der Waals surface area (Å²) in [4.78, 5) is 19.0. The quantitative estimate of drug-likeness (QED) is 0.929. The monoisotopic (exact) mass is 339 g/mol. The molecule has 2 atom stereocenters. The van der Waals surface area contributed by atoms with Gasteiger partial charge >= 0.3 is 0 Å². The predicted octanol–water partition coefficient (Wildman–Crippen LogP) is 3.25. The second-order valence-electron chi connectivity index (χ2n) is 6.74. The van der Waals surface area contributed by atoms with Crippen LogP contribution in [-0.2, 0) is 11.3 Å². The minimum atomic E-state index is -0.128. The molecular weight excluding hydrogens is 314 g/mol. The Labute approximate surface area is 149 Å². The number of benzene rings is 1. The van der Waals surface area contributed by atoms with E-state index in [9.17, 15) is 4.79 Å². The normalized spacial score (nSPS) is 21.1. The molecule has 3 rings (SSSR count). The molecule has 132 valence electrons. The Kier molecular flexibility index (Phi) is 5.46. The van der Waals surface area contributed by atoms with Crippen LogP contribution in [0, 0.1) is 6.92 Å². The molecule has 1 aliphatic heterocycles. The Morgan fingerprint density at radius 2 is 2.00 bits per heavy atom. The molecule has 1 aromatic carbocycles. The Balaban J connectivity index is 1.67. The molecule has 0 aliphatic carbocycles. The van der Waals surface area contributed by atoms with E-state index in [-0.39, 0.29) is 18.1 Å². The second kappa shape index (κ2) is 7.76. The van der Waals surface area contributed by atoms with Gasteiger partial charge < -0.3 is 10.1 Å². The number of anilines is 1. The van der Waals surface area contributed by atoms with Crippen molar-refractivity contribution in [3.63, 3.8) is 0 Å². The first-order valence-electron chi connectivity index (χ1n) is 8.71. The number of carbonyl (C=O) groups is 1. The van der Waals surface area contributed by atoms with Crippen molar-refractivity contribution in [3.8, 4) is 0 Å². The predicted molar refractivity (Wildman–Crippen MR) is 98.7 cm³/mol. The number of aromatic nitrogens is 1. The minimum absolute atomic E-state index is 0.128. The van der Waals surface area contributed by atoms with Gasteiger partial charge in [-0.15, -0.1) is 0 Å². The number of hydrogen-bond acceptors (Lipinski definition) is 4. The first kappa shape index (κ1) is 17.6. The van der Waals surface area contributed by atoms with Gasteiger partial charge in [0.05, 0.1) is 17.8 Å². The number of ether oxygens (including phenoxy) is 1. The van der Waals surface area contributed by atoms with E-state index in [4.69, 9.17) is 4.74 Å². The van der Waals surface area contributed by atoms with Gasteiger partial charge in [0.15, 0.2) is 0 Å². The topological polar surface area (TPSA) is 54.5 Å². The average molecular weight is 339 g/mol. The largest absolute Gasteiger partial charge is 0.373 e. The molecule has 2 unspecified atom stereocenters. The van der Waals surface area contributed by atoms with E-state index < -0.39 is 0 Å². The Morgan fingerprint density at radius 3 is 2.72 bits per heavy atom. The zero-order chi connectivity index (χ0) is 17.8. The second-order valence-corrected chi connectivity index (χ2v) is 6.74. The number of morpholine rings is 1. The van der Waals surface area contributed by atoms with E-state index in [2.05, 4.69) is 35.1 Å². The SMILES string of the molecule is Cc1ncccc1C(=O)Nc1cccc(CN2CC(C)OC(C)C2)c1. The molecule has 2 aromatic rings. The third-order valence-corrected chi connectivity index (χ3v) is 4.34. The maximum atomic E-state index is 12.4. The number of nitrogens with zero attached hydrogens (tertiary/aromatic N) is 2. The first-order chi connectivity index (χ1) is 12.0. The van der Waals surface area contributed by atoms with Crippen LogP contribution < -0.4 is 5.32 Å². The maximum Gasteiger partial charge on any atom is 0.257 e. The van der Waals surface area contributed by atoms with Crippen molar-refractivity contribution in [2.75, 3.05) is 18.4 Å². The molecule has 1 saturated heterocycles. The van der Waals surface area contributed by atoms with Gasteiger partial charge in [-0.1, -0.05) is 12.1 Å². The van der Waals surface area contributed by atoms with Crippen LogP contribution in [-0.4, -0.2) is 41.1 Å². The molecular formula is C20H25N3O2. The molecule has 25 heavy (non-hydrogen) atoms. The molecule has 0 spiro atoms. The van der Waals surface area contributed by atoms with Crippen molar-refractivity contribution < 1.29 is 9.53 Å². The van der Waals surface area contributed by atoms with Crippen LogP contribution in [0.5, 0.6) is 0 Å². The number of aryl methyl sites for hydroxylation is 1. The van der Waals surface area contributed by atoms with Gasteiger partial charge in [-0.2, -0.15) is 0 Å². The van der Waals surface area contributed by atoms with Crippen LogP contribution in [0.2, 0.25) is 0 Å². The first-order valence-corrected chi connectivity index (χ1v) is 8.71. The zero-order valence-corrected chi connectivity index (χ0v) is 15.0. The van der Waals surface area contributed by atoms with Crippen molar-refractivity contribution in [2.24, 2.45) is 0 Å². The fourth-order valence-corrected chi connectivity index (χ4v) is 3.34. The van der Waals surface area contributed by atoms with Crippen molar-refractivity contribution in [1.82, 2.24) is 9.88 Å². The van der Waals surface area contributed by atoms with E-state index in [1.807, 2.05) is 25.1 Å². The zero-order valence-electron chi connectivity index (χ0n) is 15.0. The third-order valence-electron chi connectivity index (χ3n) is 4.34. The standard InChI is InChI=1S/C20H25N3O2/c1-14-11-23(12-15(2)25-14)13-17-6-4-7-18(10-17)22-20(24)19-8-5-9-21-16(19)3/h4-10,14-15H,11-13H2,1-3H3,(H,22,24). The van der Waals surface area contributed by atoms with Gasteiger partial charge in [0, 0.05) is 37.2 Å². The van der Waals surface area contributed by atoms with Crippen LogP contribution in [0.3, 0.4) is 0 Å². The lowest BCUT2D eigenvalue weighted by Gasteiger charge is -2.35. The number of amides is 1. The van der Waals surface area contributed by atoms with E-state index in [0.29, 0.717) is 5.56 Å². The summed E-state index contributed by atoms with van der Waals surface area (Å²) in [6.07, 6.45) is 2.19. The molecule has 0 saturated carbocycles. The number of carbonyl (C=O) groups excluding carboxylic acids is 1. The molecule has 1 aliphatic rings. The van der Waals surface area contributed by atoms with Crippen LogP contribution in [0.4, 0.5) is 5.69 Å². The van der Waals surface area contributed by atoms with Crippen molar-refractivity contribution in [1.29, 1.82) is 0 Å². The van der Waals surface area contributed by atoms with Crippen molar-refractivity contribution in [2.45, 2.75) is 39.5 Å². The van der Waals surface area contributed by atoms with E-state index >= 15 is 0 Å². The van der Waals surface area contributed by atoms with Crippen LogP contribution in [0.15, 0.2) is 42.6 Å². The molecule has 2 heterocycles. The van der Waals surface area contributed by atoms with Gasteiger partial charge in [-0.3, -0.25) is 14.7 Å². The van der Waals surface area contributed by atoms with Gasteiger partial charge in [0.2, 0.25) is 0 Å². The molecule has 0 bridgehead atoms. The fraction of sp³-hybridized carbons (Fsp3) is 0.400. The molecule has 0 radical (unpaired) electrons. The number of nitrogens with one attached hydrogen (secondary N) is 1. The van der Waals surface area contributed by atoms with Gasteiger partial charge in [-0.25, -0.2) is 0 Å². The number of pyridine rings is 1. The molecule has 1 N–H and O–H groups in total.